The number of hydrogen-bond donors (Lipinski definition) is 1. The van der Waals surface area contributed by atoms with Gasteiger partial charge in [-0.1, -0.05) is 6.92 Å². The van der Waals surface area contributed by atoms with Gasteiger partial charge in [-0.2, -0.15) is 4.98 Å². The van der Waals surface area contributed by atoms with Crippen LogP contribution < -0.4 is 10.1 Å². The molecule has 0 saturated heterocycles. The fourth-order valence-corrected chi connectivity index (χ4v) is 1.11. The van der Waals surface area contributed by atoms with Gasteiger partial charge in [0, 0.05) is 12.6 Å². The molecule has 1 aromatic rings. The molecule has 4 nitrogen and oxygen atoms in total. The molecule has 0 unspecified atom stereocenters. The first-order valence-corrected chi connectivity index (χ1v) is 5.12. The molecule has 1 N–H and O–H groups in total. The number of aryl methyl sites for hydroxylation is 1. The highest BCUT2D eigenvalue weighted by Gasteiger charge is 2.06. The largest absolute Gasteiger partial charge is 0.471 e. The fourth-order valence-electron chi connectivity index (χ4n) is 1.11. The molecule has 0 aliphatic carbocycles. The summed E-state index contributed by atoms with van der Waals surface area (Å²) in [6.07, 6.45) is -1.54. The number of anilines is 1. The summed E-state index contributed by atoms with van der Waals surface area (Å²) in [6.45, 7) is 3.83. The molecule has 1 rings (SSSR count). The molecule has 16 heavy (non-hydrogen) atoms. The lowest BCUT2D eigenvalue weighted by molar-refractivity contribution is 0.0794. The van der Waals surface area contributed by atoms with Crippen molar-refractivity contribution in [3.05, 3.63) is 11.9 Å². The van der Waals surface area contributed by atoms with Crippen LogP contribution in [-0.2, 0) is 0 Å². The minimum atomic E-state index is -2.50. The topological polar surface area (TPSA) is 47.0 Å². The predicted octanol–water partition coefficient (Wildman–Crippen LogP) is 2.25. The summed E-state index contributed by atoms with van der Waals surface area (Å²) in [5, 5.41) is 3.04. The quantitative estimate of drug-likeness (QED) is 0.815. The monoisotopic (exact) mass is 231 g/mol. The van der Waals surface area contributed by atoms with Gasteiger partial charge < -0.3 is 10.1 Å². The second kappa shape index (κ2) is 6.19. The Kier molecular flexibility index (Phi) is 4.88. The number of halogens is 2. The molecule has 0 amide bonds. The van der Waals surface area contributed by atoms with E-state index in [2.05, 4.69) is 15.3 Å². The van der Waals surface area contributed by atoms with Gasteiger partial charge in [0.05, 0.1) is 0 Å². The molecule has 1 heterocycles. The van der Waals surface area contributed by atoms with Crippen LogP contribution in [0.1, 0.15) is 19.2 Å². The number of ether oxygens (including phenoxy) is 1. The van der Waals surface area contributed by atoms with Crippen LogP contribution in [0.2, 0.25) is 0 Å². The van der Waals surface area contributed by atoms with Gasteiger partial charge in [0.1, 0.15) is 11.6 Å². The maximum atomic E-state index is 11.9. The van der Waals surface area contributed by atoms with Gasteiger partial charge in [0.25, 0.3) is 6.43 Å². The zero-order valence-corrected chi connectivity index (χ0v) is 9.33. The Morgan fingerprint density at radius 3 is 2.81 bits per heavy atom. The predicted molar refractivity (Wildman–Crippen MR) is 57.0 cm³/mol. The van der Waals surface area contributed by atoms with Crippen molar-refractivity contribution < 1.29 is 13.5 Å². The highest BCUT2D eigenvalue weighted by molar-refractivity contribution is 5.38. The molecule has 0 spiro atoms. The third kappa shape index (κ3) is 4.37. The van der Waals surface area contributed by atoms with Gasteiger partial charge in [-0.3, -0.25) is 0 Å². The smallest absolute Gasteiger partial charge is 0.272 e. The van der Waals surface area contributed by atoms with Gasteiger partial charge in [-0.05, 0) is 13.3 Å². The van der Waals surface area contributed by atoms with E-state index in [1.165, 1.54) is 6.07 Å². The Morgan fingerprint density at radius 2 is 2.19 bits per heavy atom. The third-order valence-corrected chi connectivity index (χ3v) is 1.73. The first-order chi connectivity index (χ1) is 7.61. The molecule has 0 aliphatic heterocycles. The first-order valence-electron chi connectivity index (χ1n) is 5.12. The number of alkyl halides is 2. The Bertz CT molecular complexity index is 334. The average Bonchev–Trinajstić information content (AvgIpc) is 2.23. The molecular weight excluding hydrogens is 216 g/mol. The zero-order chi connectivity index (χ0) is 12.0. The fraction of sp³-hybridized carbons (Fsp3) is 0.600. The van der Waals surface area contributed by atoms with E-state index in [4.69, 9.17) is 4.74 Å². The second-order valence-corrected chi connectivity index (χ2v) is 3.27. The van der Waals surface area contributed by atoms with Gasteiger partial charge in [0.15, 0.2) is 6.61 Å². The number of rotatable bonds is 6. The highest BCUT2D eigenvalue weighted by atomic mass is 19.3. The van der Waals surface area contributed by atoms with Crippen molar-refractivity contribution >= 4 is 5.82 Å². The minimum absolute atomic E-state index is 0.173. The van der Waals surface area contributed by atoms with E-state index in [0.29, 0.717) is 11.6 Å². The molecule has 0 radical (unpaired) electrons. The van der Waals surface area contributed by atoms with E-state index < -0.39 is 13.0 Å². The molecule has 1 aromatic heterocycles. The van der Waals surface area contributed by atoms with Crippen LogP contribution >= 0.6 is 0 Å². The Balaban J connectivity index is 2.65. The van der Waals surface area contributed by atoms with Crippen molar-refractivity contribution in [1.29, 1.82) is 0 Å². The lowest BCUT2D eigenvalue weighted by atomic mass is 10.4. The van der Waals surface area contributed by atoms with E-state index >= 15 is 0 Å². The van der Waals surface area contributed by atoms with Crippen molar-refractivity contribution in [2.75, 3.05) is 18.5 Å². The van der Waals surface area contributed by atoms with Crippen LogP contribution in [0.15, 0.2) is 6.07 Å². The summed E-state index contributed by atoms with van der Waals surface area (Å²) in [5.74, 6) is 1.26. The van der Waals surface area contributed by atoms with Crippen LogP contribution in [0.25, 0.3) is 0 Å². The average molecular weight is 231 g/mol. The summed E-state index contributed by atoms with van der Waals surface area (Å²) >= 11 is 0. The second-order valence-electron chi connectivity index (χ2n) is 3.27. The number of hydrogen-bond acceptors (Lipinski definition) is 4. The summed E-state index contributed by atoms with van der Waals surface area (Å²) in [7, 11) is 0. The van der Waals surface area contributed by atoms with Crippen LogP contribution in [0.5, 0.6) is 5.88 Å². The van der Waals surface area contributed by atoms with E-state index in [9.17, 15) is 8.78 Å². The van der Waals surface area contributed by atoms with Crippen LogP contribution in [0.3, 0.4) is 0 Å². The van der Waals surface area contributed by atoms with Crippen molar-refractivity contribution in [2.45, 2.75) is 26.7 Å². The van der Waals surface area contributed by atoms with Crippen molar-refractivity contribution in [3.63, 3.8) is 0 Å². The SMILES string of the molecule is CCCNc1cc(OCC(F)F)nc(C)n1. The van der Waals surface area contributed by atoms with Gasteiger partial charge in [-0.15, -0.1) is 0 Å². The van der Waals surface area contributed by atoms with Gasteiger partial charge >= 0.3 is 0 Å². The Hall–Kier alpha value is -1.46. The molecule has 0 atom stereocenters. The van der Waals surface area contributed by atoms with Crippen molar-refractivity contribution in [1.82, 2.24) is 9.97 Å². The lowest BCUT2D eigenvalue weighted by Crippen LogP contribution is -2.10. The van der Waals surface area contributed by atoms with Crippen LogP contribution in [-0.4, -0.2) is 29.5 Å². The standard InChI is InChI=1S/C10H15F2N3O/c1-3-4-13-9-5-10(15-7(2)14-9)16-6-8(11)12/h5,8H,3-4,6H2,1-2H3,(H,13,14,15). The highest BCUT2D eigenvalue weighted by Crippen LogP contribution is 2.13. The summed E-state index contributed by atoms with van der Waals surface area (Å²) in [6, 6.07) is 1.52. The lowest BCUT2D eigenvalue weighted by Gasteiger charge is -2.08. The molecule has 6 heteroatoms. The minimum Gasteiger partial charge on any atom is -0.471 e. The van der Waals surface area contributed by atoms with Crippen LogP contribution in [0.4, 0.5) is 14.6 Å². The summed E-state index contributed by atoms with van der Waals surface area (Å²) in [4.78, 5) is 8.02. The third-order valence-electron chi connectivity index (χ3n) is 1.73. The Labute approximate surface area is 93.1 Å². The van der Waals surface area contributed by atoms with Crippen molar-refractivity contribution in [2.24, 2.45) is 0 Å². The van der Waals surface area contributed by atoms with Crippen molar-refractivity contribution in [3.8, 4) is 5.88 Å². The number of nitrogens with zero attached hydrogens (tertiary/aromatic N) is 2. The molecular formula is C10H15F2N3O. The van der Waals surface area contributed by atoms with E-state index in [1.54, 1.807) is 6.92 Å². The Morgan fingerprint density at radius 1 is 1.44 bits per heavy atom. The number of aromatic nitrogens is 2. The normalized spacial score (nSPS) is 10.6. The first kappa shape index (κ1) is 12.6. The molecule has 0 bridgehead atoms. The van der Waals surface area contributed by atoms with Gasteiger partial charge in [-0.25, -0.2) is 13.8 Å². The summed E-state index contributed by atoms with van der Waals surface area (Å²) < 4.78 is 28.7. The van der Waals surface area contributed by atoms with E-state index in [1.807, 2.05) is 6.92 Å². The molecule has 90 valence electrons. The molecule has 0 aliphatic rings. The maximum Gasteiger partial charge on any atom is 0.272 e. The van der Waals surface area contributed by atoms with E-state index in [-0.39, 0.29) is 5.88 Å². The molecule has 0 aromatic carbocycles. The maximum absolute atomic E-state index is 11.9. The molecule has 0 saturated carbocycles. The summed E-state index contributed by atoms with van der Waals surface area (Å²) in [5.41, 5.74) is 0. The molecule has 0 fully saturated rings. The zero-order valence-electron chi connectivity index (χ0n) is 9.33. The van der Waals surface area contributed by atoms with Gasteiger partial charge in [0.2, 0.25) is 5.88 Å². The van der Waals surface area contributed by atoms with E-state index in [0.717, 1.165) is 13.0 Å². The number of nitrogens with one attached hydrogen (secondary N) is 1. The van der Waals surface area contributed by atoms with Crippen LogP contribution in [0, 0.1) is 6.92 Å².